The summed E-state index contributed by atoms with van der Waals surface area (Å²) in [6, 6.07) is 0. The average Bonchev–Trinajstić information content (AvgIpc) is 2.45. The summed E-state index contributed by atoms with van der Waals surface area (Å²) in [6.45, 7) is 3.87. The molecule has 8 heteroatoms. The molecule has 1 saturated heterocycles. The van der Waals surface area contributed by atoms with Crippen LogP contribution in [0.1, 0.15) is 6.42 Å². The smallest absolute Gasteiger partial charge is 0.165 e. The molecule has 18 heavy (non-hydrogen) atoms. The first-order chi connectivity index (χ1) is 8.83. The lowest BCUT2D eigenvalue weighted by atomic mass is 10.3. The molecule has 0 spiro atoms. The van der Waals surface area contributed by atoms with Crippen molar-refractivity contribution in [2.75, 3.05) is 39.5 Å². The van der Waals surface area contributed by atoms with E-state index in [9.17, 15) is 0 Å². The molecular formula is C10H20N6O2. The van der Waals surface area contributed by atoms with Crippen molar-refractivity contribution in [2.45, 2.75) is 6.42 Å². The Morgan fingerprint density at radius 2 is 2.28 bits per heavy atom. The molecule has 0 unspecified atom stereocenters. The summed E-state index contributed by atoms with van der Waals surface area (Å²) < 4.78 is 5.32. The number of hydrogen-bond donors (Lipinski definition) is 4. The number of hydrazone groups is 1. The van der Waals surface area contributed by atoms with Gasteiger partial charge < -0.3 is 20.2 Å². The number of ether oxygens (including phenoxy) is 1. The summed E-state index contributed by atoms with van der Waals surface area (Å²) >= 11 is 0. The zero-order valence-electron chi connectivity index (χ0n) is 10.3. The molecule has 0 aromatic rings. The van der Waals surface area contributed by atoms with Gasteiger partial charge in [-0.05, 0) is 6.42 Å². The number of hydrazine groups is 2. The number of aliphatic hydroxyl groups is 1. The van der Waals surface area contributed by atoms with Crippen LogP contribution in [-0.2, 0) is 4.74 Å². The number of amidine groups is 1. The van der Waals surface area contributed by atoms with E-state index in [0.29, 0.717) is 18.8 Å². The van der Waals surface area contributed by atoms with Crippen LogP contribution in [-0.4, -0.2) is 60.4 Å². The van der Waals surface area contributed by atoms with Crippen molar-refractivity contribution in [1.29, 1.82) is 0 Å². The van der Waals surface area contributed by atoms with Crippen LogP contribution in [0.4, 0.5) is 0 Å². The van der Waals surface area contributed by atoms with Gasteiger partial charge in [0.05, 0.1) is 19.8 Å². The Balaban J connectivity index is 2.00. The molecule has 1 fully saturated rings. The van der Waals surface area contributed by atoms with Crippen molar-refractivity contribution >= 4 is 5.84 Å². The van der Waals surface area contributed by atoms with Crippen molar-refractivity contribution < 1.29 is 9.84 Å². The van der Waals surface area contributed by atoms with E-state index in [1.165, 1.54) is 0 Å². The summed E-state index contributed by atoms with van der Waals surface area (Å²) in [6.07, 6.45) is 2.51. The van der Waals surface area contributed by atoms with Gasteiger partial charge in [0.1, 0.15) is 5.82 Å². The fraction of sp³-hybridized carbons (Fsp3) is 0.700. The SMILES string of the molecule is NNC1=NN(CCCO)NC(N2CCOCC2)=C1. The minimum absolute atomic E-state index is 0.135. The molecular weight excluding hydrogens is 236 g/mol. The van der Waals surface area contributed by atoms with E-state index >= 15 is 0 Å². The van der Waals surface area contributed by atoms with Crippen LogP contribution in [0.15, 0.2) is 17.0 Å². The van der Waals surface area contributed by atoms with E-state index in [1.807, 2.05) is 6.08 Å². The van der Waals surface area contributed by atoms with E-state index in [4.69, 9.17) is 15.7 Å². The minimum atomic E-state index is 0.135. The van der Waals surface area contributed by atoms with Gasteiger partial charge in [-0.3, -0.25) is 5.43 Å². The van der Waals surface area contributed by atoms with Crippen LogP contribution in [0.25, 0.3) is 0 Å². The quantitative estimate of drug-likeness (QED) is 0.346. The monoisotopic (exact) mass is 256 g/mol. The molecule has 0 aromatic heterocycles. The third-order valence-electron chi connectivity index (χ3n) is 2.77. The summed E-state index contributed by atoms with van der Waals surface area (Å²) in [5, 5.41) is 14.8. The van der Waals surface area contributed by atoms with Crippen LogP contribution in [0.2, 0.25) is 0 Å². The van der Waals surface area contributed by atoms with Gasteiger partial charge in [-0.1, -0.05) is 0 Å². The molecule has 2 rings (SSSR count). The van der Waals surface area contributed by atoms with Gasteiger partial charge in [-0.2, -0.15) is 0 Å². The van der Waals surface area contributed by atoms with Gasteiger partial charge >= 0.3 is 0 Å². The number of nitrogens with zero attached hydrogens (tertiary/aromatic N) is 3. The van der Waals surface area contributed by atoms with Crippen molar-refractivity contribution in [1.82, 2.24) is 20.9 Å². The lowest BCUT2D eigenvalue weighted by Gasteiger charge is -2.36. The topological polar surface area (TPSA) is 98.4 Å². The number of rotatable bonds is 4. The first kappa shape index (κ1) is 12.9. The number of nitrogens with two attached hydrogens (primary N) is 1. The maximum absolute atomic E-state index is 8.85. The number of nitrogens with one attached hydrogen (secondary N) is 2. The van der Waals surface area contributed by atoms with Crippen molar-refractivity contribution in [3.05, 3.63) is 11.9 Å². The second-order valence-corrected chi connectivity index (χ2v) is 4.07. The largest absolute Gasteiger partial charge is 0.396 e. The van der Waals surface area contributed by atoms with Crippen molar-refractivity contribution in [3.8, 4) is 0 Å². The van der Waals surface area contributed by atoms with Crippen molar-refractivity contribution in [3.63, 3.8) is 0 Å². The lowest BCUT2D eigenvalue weighted by Crippen LogP contribution is -2.49. The highest BCUT2D eigenvalue weighted by Crippen LogP contribution is 2.09. The molecule has 0 atom stereocenters. The summed E-state index contributed by atoms with van der Waals surface area (Å²) in [5.74, 6) is 6.95. The molecule has 0 bridgehead atoms. The van der Waals surface area contributed by atoms with Crippen LogP contribution in [0.5, 0.6) is 0 Å². The zero-order valence-corrected chi connectivity index (χ0v) is 10.3. The zero-order chi connectivity index (χ0) is 12.8. The van der Waals surface area contributed by atoms with Gasteiger partial charge in [0.2, 0.25) is 0 Å². The molecule has 0 amide bonds. The average molecular weight is 256 g/mol. The van der Waals surface area contributed by atoms with Gasteiger partial charge in [0.25, 0.3) is 0 Å². The van der Waals surface area contributed by atoms with Gasteiger partial charge in [-0.25, -0.2) is 11.0 Å². The molecule has 5 N–H and O–H groups in total. The second kappa shape index (κ2) is 6.43. The second-order valence-electron chi connectivity index (χ2n) is 4.07. The highest BCUT2D eigenvalue weighted by molar-refractivity contribution is 5.93. The molecule has 0 saturated carbocycles. The molecule has 0 aliphatic carbocycles. The first-order valence-electron chi connectivity index (χ1n) is 6.08. The van der Waals surface area contributed by atoms with E-state index in [1.54, 1.807) is 5.12 Å². The van der Waals surface area contributed by atoms with Crippen molar-refractivity contribution in [2.24, 2.45) is 10.9 Å². The summed E-state index contributed by atoms with van der Waals surface area (Å²) in [7, 11) is 0. The van der Waals surface area contributed by atoms with Crippen LogP contribution >= 0.6 is 0 Å². The Morgan fingerprint density at radius 3 is 2.94 bits per heavy atom. The number of aliphatic hydroxyl groups excluding tert-OH is 1. The maximum atomic E-state index is 8.85. The summed E-state index contributed by atoms with van der Waals surface area (Å²) in [5.41, 5.74) is 5.74. The standard InChI is InChI=1S/C10H20N6O2/c11-12-9-8-10(15-3-6-18-7-4-15)14-16(13-9)2-1-5-17/h8,14,17H,1-7,11H2,(H,12,13). The van der Waals surface area contributed by atoms with Gasteiger partial charge in [0, 0.05) is 25.8 Å². The van der Waals surface area contributed by atoms with Gasteiger partial charge in [-0.15, -0.1) is 5.10 Å². The Hall–Kier alpha value is -1.51. The molecule has 102 valence electrons. The molecule has 0 aromatic carbocycles. The Labute approximate surface area is 106 Å². The molecule has 8 nitrogen and oxygen atoms in total. The minimum Gasteiger partial charge on any atom is -0.396 e. The highest BCUT2D eigenvalue weighted by atomic mass is 16.5. The van der Waals surface area contributed by atoms with Gasteiger partial charge in [0.15, 0.2) is 5.84 Å². The summed E-state index contributed by atoms with van der Waals surface area (Å²) in [4.78, 5) is 2.18. The van der Waals surface area contributed by atoms with Crippen LogP contribution in [0, 0.1) is 0 Å². The number of morpholine rings is 1. The molecule has 2 aliphatic rings. The maximum Gasteiger partial charge on any atom is 0.165 e. The lowest BCUT2D eigenvalue weighted by molar-refractivity contribution is 0.0402. The third-order valence-corrected chi connectivity index (χ3v) is 2.77. The first-order valence-corrected chi connectivity index (χ1v) is 6.08. The van der Waals surface area contributed by atoms with Crippen LogP contribution < -0.4 is 16.7 Å². The predicted octanol–water partition coefficient (Wildman–Crippen LogP) is -1.86. The normalized spacial score (nSPS) is 20.1. The third kappa shape index (κ3) is 3.25. The fourth-order valence-electron chi connectivity index (χ4n) is 1.84. The molecule has 2 heterocycles. The fourth-order valence-corrected chi connectivity index (χ4v) is 1.84. The Morgan fingerprint density at radius 1 is 1.50 bits per heavy atom. The Kier molecular flexibility index (Phi) is 4.62. The van der Waals surface area contributed by atoms with E-state index < -0.39 is 0 Å². The Bertz CT molecular complexity index is 326. The molecule has 2 aliphatic heterocycles. The predicted molar refractivity (Wildman–Crippen MR) is 66.8 cm³/mol. The van der Waals surface area contributed by atoms with E-state index in [-0.39, 0.29) is 6.61 Å². The number of hydrogen-bond acceptors (Lipinski definition) is 8. The highest BCUT2D eigenvalue weighted by Gasteiger charge is 2.19. The van der Waals surface area contributed by atoms with E-state index in [0.717, 1.165) is 32.1 Å². The van der Waals surface area contributed by atoms with E-state index in [2.05, 4.69) is 20.9 Å². The molecule has 0 radical (unpaired) electrons. The van der Waals surface area contributed by atoms with Crippen LogP contribution in [0.3, 0.4) is 0 Å².